The first-order chi connectivity index (χ1) is 27.9. The Morgan fingerprint density at radius 1 is 0.650 bits per heavy atom. The Morgan fingerprint density at radius 2 is 1.22 bits per heavy atom. The zero-order valence-electron chi connectivity index (χ0n) is 35.0. The second-order valence-electron chi connectivity index (χ2n) is 16.1. The first kappa shape index (κ1) is 52.5. The van der Waals surface area contributed by atoms with E-state index in [9.17, 15) is 53.4 Å². The lowest BCUT2D eigenvalue weighted by Gasteiger charge is -2.33. The number of carboxylic acid groups (broad SMARTS) is 3. The zero-order chi connectivity index (χ0) is 45.7. The number of aliphatic carboxylic acids is 3. The summed E-state index contributed by atoms with van der Waals surface area (Å²) in [5.41, 5.74) is 0.372. The molecule has 0 aliphatic rings. The molecule has 0 bridgehead atoms. The van der Waals surface area contributed by atoms with Gasteiger partial charge in [-0.1, -0.05) is 65.3 Å². The number of hydrogen-bond donors (Lipinski definition) is 11. The predicted octanol–water partition coefficient (Wildman–Crippen LogP) is -0.373. The quantitative estimate of drug-likeness (QED) is 0.0398. The Labute approximate surface area is 349 Å². The third-order valence-electron chi connectivity index (χ3n) is 9.14. The molecule has 0 aliphatic heterocycles. The van der Waals surface area contributed by atoms with Gasteiger partial charge in [0.05, 0.1) is 12.8 Å². The van der Waals surface area contributed by atoms with E-state index in [1.165, 1.54) is 0 Å². The summed E-state index contributed by atoms with van der Waals surface area (Å²) in [6, 6.07) is -0.291. The molecule has 11 N–H and O–H groups in total. The van der Waals surface area contributed by atoms with E-state index < -0.39 is 128 Å². The van der Waals surface area contributed by atoms with Crippen LogP contribution in [0.3, 0.4) is 0 Å². The smallest absolute Gasteiger partial charge is 0.451 e. The van der Waals surface area contributed by atoms with Crippen LogP contribution in [0.25, 0.3) is 0 Å². The van der Waals surface area contributed by atoms with Gasteiger partial charge in [0.2, 0.25) is 35.4 Å². The molecule has 0 fully saturated rings. The third-order valence-corrected chi connectivity index (χ3v) is 9.14. The van der Waals surface area contributed by atoms with Crippen LogP contribution in [-0.2, 0) is 49.6 Å². The minimum absolute atomic E-state index is 0.0378. The largest absolute Gasteiger partial charge is 0.481 e. The highest BCUT2D eigenvalue weighted by molar-refractivity contribution is 6.40. The fraction of sp³-hybridized carbons (Fsp3) is 0.615. The molecule has 5 atom stereocenters. The van der Waals surface area contributed by atoms with Crippen molar-refractivity contribution >= 4 is 60.5 Å². The molecule has 60 heavy (non-hydrogen) atoms. The number of unbranched alkanes of at least 4 members (excludes halogenated alkanes) is 1. The van der Waals surface area contributed by atoms with Crippen molar-refractivity contribution in [2.24, 2.45) is 11.3 Å². The van der Waals surface area contributed by atoms with Gasteiger partial charge in [0, 0.05) is 25.8 Å². The number of carboxylic acids is 3. The number of carbonyl (C=O) groups excluding carboxylic acids is 6. The maximum Gasteiger partial charge on any atom is 0.451 e. The van der Waals surface area contributed by atoms with Crippen molar-refractivity contribution in [1.29, 1.82) is 0 Å². The lowest BCUT2D eigenvalue weighted by molar-refractivity contribution is -0.142. The number of carbonyl (C=O) groups is 9. The molecular weight excluding hydrogens is 787 g/mol. The van der Waals surface area contributed by atoms with Crippen molar-refractivity contribution in [2.75, 3.05) is 6.54 Å². The Kier molecular flexibility index (Phi) is 22.6. The fourth-order valence-corrected chi connectivity index (χ4v) is 5.88. The van der Waals surface area contributed by atoms with E-state index in [1.807, 2.05) is 13.8 Å². The molecule has 1 rings (SSSR count). The summed E-state index contributed by atoms with van der Waals surface area (Å²) in [7, 11) is -1.47. The number of nitrogens with one attached hydrogen (secondary N) is 6. The van der Waals surface area contributed by atoms with Gasteiger partial charge in [-0.15, -0.1) is 0 Å². The molecule has 1 aromatic rings. The normalized spacial score (nSPS) is 13.7. The van der Waals surface area contributed by atoms with Gasteiger partial charge in [0.25, 0.3) is 0 Å². The van der Waals surface area contributed by atoms with Crippen LogP contribution in [0, 0.1) is 18.3 Å². The standard InChI is InChI=1S/C39H61BN6O14/c1-22(2)19-26(34(54)41-18-10-9-17-40(59)60)45-38(58)33(39(4,5)6)46-37(57)27(20-24-12-8-7-11-23(24)3)44-35(55)25(13-15-30(48)49)43-36(56)28(21-32(52)53)42-29(47)14-16-31(50)51/h7-8,11-12,22,25-28,33,59-60H,9-10,13-21H2,1-6H3,(H,41,54)(H,42,47)(H,43,56)(H,44,55)(H,45,58)(H,46,57)(H,48,49)(H,50,51)(H,52,53)/t25-,26-,27-,28-,33+/m0/s1. The van der Waals surface area contributed by atoms with Crippen LogP contribution in [0.5, 0.6) is 0 Å². The van der Waals surface area contributed by atoms with E-state index >= 15 is 0 Å². The molecule has 20 nitrogen and oxygen atoms in total. The average Bonchev–Trinajstić information content (AvgIpc) is 3.13. The van der Waals surface area contributed by atoms with E-state index in [1.54, 1.807) is 52.0 Å². The van der Waals surface area contributed by atoms with Gasteiger partial charge < -0.3 is 57.3 Å². The Morgan fingerprint density at radius 3 is 1.77 bits per heavy atom. The summed E-state index contributed by atoms with van der Waals surface area (Å²) in [4.78, 5) is 115. The summed E-state index contributed by atoms with van der Waals surface area (Å²) in [6.07, 6.45) is -2.26. The Bertz CT molecular complexity index is 1670. The molecule has 0 aliphatic carbocycles. The lowest BCUT2D eigenvalue weighted by atomic mass is 9.84. The molecule has 0 spiro atoms. The number of amides is 6. The Hall–Kier alpha value is -5.57. The first-order valence-electron chi connectivity index (χ1n) is 19.8. The number of aryl methyl sites for hydroxylation is 1. The second kappa shape index (κ2) is 25.8. The zero-order valence-corrected chi connectivity index (χ0v) is 35.0. The van der Waals surface area contributed by atoms with Crippen molar-refractivity contribution in [3.63, 3.8) is 0 Å². The summed E-state index contributed by atoms with van der Waals surface area (Å²) < 4.78 is 0. The van der Waals surface area contributed by atoms with E-state index in [0.29, 0.717) is 18.4 Å². The molecule has 0 aromatic heterocycles. The minimum Gasteiger partial charge on any atom is -0.481 e. The molecular formula is C39H61BN6O14. The number of benzene rings is 1. The summed E-state index contributed by atoms with van der Waals surface area (Å²) in [5, 5.41) is 60.9. The summed E-state index contributed by atoms with van der Waals surface area (Å²) in [6.45, 7) is 10.7. The van der Waals surface area contributed by atoms with E-state index in [0.717, 1.165) is 5.56 Å². The maximum atomic E-state index is 14.2. The highest BCUT2D eigenvalue weighted by Crippen LogP contribution is 2.21. The van der Waals surface area contributed by atoms with Gasteiger partial charge in [0.15, 0.2) is 0 Å². The van der Waals surface area contributed by atoms with Crippen LogP contribution in [0.15, 0.2) is 24.3 Å². The second-order valence-corrected chi connectivity index (χ2v) is 16.1. The topological polar surface area (TPSA) is 327 Å². The monoisotopic (exact) mass is 848 g/mol. The highest BCUT2D eigenvalue weighted by atomic mass is 16.4. The summed E-state index contributed by atoms with van der Waals surface area (Å²) >= 11 is 0. The molecule has 1 aromatic carbocycles. The third kappa shape index (κ3) is 20.9. The number of rotatable bonds is 27. The van der Waals surface area contributed by atoms with Crippen LogP contribution in [-0.4, -0.2) is 123 Å². The highest BCUT2D eigenvalue weighted by Gasteiger charge is 2.38. The molecule has 6 amide bonds. The van der Waals surface area contributed by atoms with Crippen molar-refractivity contribution < 1.29 is 68.5 Å². The molecule has 0 radical (unpaired) electrons. The van der Waals surface area contributed by atoms with Crippen LogP contribution >= 0.6 is 0 Å². The van der Waals surface area contributed by atoms with Crippen LogP contribution in [0.2, 0.25) is 6.32 Å². The van der Waals surface area contributed by atoms with E-state index in [-0.39, 0.29) is 31.6 Å². The van der Waals surface area contributed by atoms with Gasteiger partial charge in [-0.3, -0.25) is 43.2 Å². The SMILES string of the molecule is Cc1ccccc1C[C@H](NC(=O)[C@H](CCC(=O)O)NC(=O)[C@H](CC(=O)O)NC(=O)CCC(=O)O)C(=O)N[C@H](C(=O)N[C@@H](CC(C)C)C(=O)NCCCCB(O)O)C(C)(C)C. The summed E-state index contributed by atoms with van der Waals surface area (Å²) in [5.74, 6) is -9.50. The van der Waals surface area contributed by atoms with Gasteiger partial charge in [-0.25, -0.2) is 0 Å². The molecule has 0 saturated carbocycles. The van der Waals surface area contributed by atoms with Gasteiger partial charge in [-0.05, 0) is 55.0 Å². The van der Waals surface area contributed by atoms with Gasteiger partial charge in [0.1, 0.15) is 30.2 Å². The van der Waals surface area contributed by atoms with E-state index in [4.69, 9.17) is 15.2 Å². The van der Waals surface area contributed by atoms with Crippen LogP contribution in [0.4, 0.5) is 0 Å². The molecule has 0 saturated heterocycles. The molecule has 21 heteroatoms. The van der Waals surface area contributed by atoms with Gasteiger partial charge >= 0.3 is 25.0 Å². The Balaban J connectivity index is 3.47. The van der Waals surface area contributed by atoms with Crippen molar-refractivity contribution in [3.05, 3.63) is 35.4 Å². The van der Waals surface area contributed by atoms with Crippen LogP contribution < -0.4 is 31.9 Å². The maximum absolute atomic E-state index is 14.2. The number of hydrogen-bond acceptors (Lipinski definition) is 11. The minimum atomic E-state index is -1.79. The van der Waals surface area contributed by atoms with Crippen molar-refractivity contribution in [2.45, 2.75) is 136 Å². The molecule has 0 heterocycles. The molecule has 334 valence electrons. The average molecular weight is 849 g/mol. The fourth-order valence-electron chi connectivity index (χ4n) is 5.88. The van der Waals surface area contributed by atoms with Crippen LogP contribution in [0.1, 0.15) is 97.1 Å². The lowest BCUT2D eigenvalue weighted by Crippen LogP contribution is -2.62. The van der Waals surface area contributed by atoms with Crippen molar-refractivity contribution in [1.82, 2.24) is 31.9 Å². The van der Waals surface area contributed by atoms with Crippen molar-refractivity contribution in [3.8, 4) is 0 Å². The predicted molar refractivity (Wildman–Crippen MR) is 217 cm³/mol. The van der Waals surface area contributed by atoms with Gasteiger partial charge in [-0.2, -0.15) is 0 Å². The van der Waals surface area contributed by atoms with E-state index in [2.05, 4.69) is 31.9 Å². The first-order valence-corrected chi connectivity index (χ1v) is 19.8. The molecule has 0 unspecified atom stereocenters.